The first-order valence-electron chi connectivity index (χ1n) is 21.3. The van der Waals surface area contributed by atoms with Crippen molar-refractivity contribution in [3.05, 3.63) is 198 Å². The molecule has 0 saturated heterocycles. The van der Waals surface area contributed by atoms with E-state index in [1.807, 2.05) is 6.07 Å². The quantitative estimate of drug-likeness (QED) is 0.178. The maximum atomic E-state index is 7.05. The third-order valence-electron chi connectivity index (χ3n) is 14.0. The summed E-state index contributed by atoms with van der Waals surface area (Å²) in [6, 6.07) is 64.5. The summed E-state index contributed by atoms with van der Waals surface area (Å²) in [6.07, 6.45) is 0. The zero-order chi connectivity index (χ0) is 40.8. The van der Waals surface area contributed by atoms with Crippen LogP contribution >= 0.6 is 0 Å². The number of hydrogen-bond acceptors (Lipinski definition) is 3. The summed E-state index contributed by atoms with van der Waals surface area (Å²) in [4.78, 5) is 2.49. The van der Waals surface area contributed by atoms with Crippen LogP contribution in [0.2, 0.25) is 0 Å². The fraction of sp³-hybridized carbons (Fsp3) is 0.103. The zero-order valence-corrected chi connectivity index (χ0v) is 34.5. The van der Waals surface area contributed by atoms with Crippen molar-refractivity contribution in [2.45, 2.75) is 38.5 Å². The van der Waals surface area contributed by atoms with Crippen LogP contribution < -0.4 is 4.90 Å². The molecular weight excluding hydrogens is 743 g/mol. The van der Waals surface area contributed by atoms with Crippen LogP contribution in [0.5, 0.6) is 0 Å². The van der Waals surface area contributed by atoms with E-state index >= 15 is 0 Å². The number of anilines is 3. The van der Waals surface area contributed by atoms with Gasteiger partial charge in [0.25, 0.3) is 0 Å². The van der Waals surface area contributed by atoms with Gasteiger partial charge in [0.2, 0.25) is 0 Å². The highest BCUT2D eigenvalue weighted by molar-refractivity contribution is 6.27. The Balaban J connectivity index is 1.14. The molecule has 0 atom stereocenters. The number of furan rings is 2. The minimum atomic E-state index is -0.165. The van der Waals surface area contributed by atoms with Gasteiger partial charge in [-0.1, -0.05) is 149 Å². The molecule has 2 aromatic heterocycles. The normalized spacial score (nSPS) is 14.5. The van der Waals surface area contributed by atoms with Gasteiger partial charge < -0.3 is 13.7 Å². The Morgan fingerprint density at radius 2 is 0.869 bits per heavy atom. The fourth-order valence-corrected chi connectivity index (χ4v) is 11.1. The smallest absolute Gasteiger partial charge is 0.143 e. The van der Waals surface area contributed by atoms with Crippen LogP contribution in [0.25, 0.3) is 88.0 Å². The molecule has 13 rings (SSSR count). The third-order valence-corrected chi connectivity index (χ3v) is 14.0. The number of para-hydroxylation sites is 1. The van der Waals surface area contributed by atoms with E-state index in [-0.39, 0.29) is 10.8 Å². The van der Waals surface area contributed by atoms with Gasteiger partial charge in [0.15, 0.2) is 0 Å². The van der Waals surface area contributed by atoms with Crippen molar-refractivity contribution in [3.63, 3.8) is 0 Å². The van der Waals surface area contributed by atoms with Crippen LogP contribution in [0.1, 0.15) is 49.9 Å². The molecule has 2 aliphatic rings. The number of rotatable bonds is 4. The lowest BCUT2D eigenvalue weighted by molar-refractivity contribution is 0.660. The summed E-state index contributed by atoms with van der Waals surface area (Å²) < 4.78 is 13.5. The molecule has 3 nitrogen and oxygen atoms in total. The molecule has 0 radical (unpaired) electrons. The average molecular weight is 784 g/mol. The van der Waals surface area contributed by atoms with Crippen molar-refractivity contribution < 1.29 is 8.83 Å². The Labute approximate surface area is 354 Å². The van der Waals surface area contributed by atoms with Crippen LogP contribution in [0.3, 0.4) is 0 Å². The predicted molar refractivity (Wildman–Crippen MR) is 254 cm³/mol. The molecule has 0 spiro atoms. The molecule has 9 aromatic carbocycles. The van der Waals surface area contributed by atoms with Gasteiger partial charge in [-0.2, -0.15) is 0 Å². The molecule has 290 valence electrons. The monoisotopic (exact) mass is 783 g/mol. The molecule has 3 heteroatoms. The van der Waals surface area contributed by atoms with Crippen molar-refractivity contribution in [3.8, 4) is 33.4 Å². The zero-order valence-electron chi connectivity index (χ0n) is 34.5. The molecule has 0 aliphatic heterocycles. The Morgan fingerprint density at radius 1 is 0.344 bits per heavy atom. The van der Waals surface area contributed by atoms with Gasteiger partial charge in [0.1, 0.15) is 22.3 Å². The number of benzene rings is 9. The first kappa shape index (κ1) is 34.5. The second kappa shape index (κ2) is 12.1. The standard InChI is InChI=1S/C58H41NO2/c1-57(2)47-21-10-7-17-40(47)42-26-24-35(32-49(42)57)59(36-25-27-43-41-18-8-11-22-48(41)58(3,4)50(43)33-36)37-30-45(39-20-13-15-34-14-5-6-16-38(34)39)56-46(31-37)55-53(61-56)29-28-52-54(55)44-19-9-12-23-51(44)60-52/h5-33H,1-4H3. The van der Waals surface area contributed by atoms with E-state index in [4.69, 9.17) is 8.83 Å². The van der Waals surface area contributed by atoms with E-state index in [0.717, 1.165) is 72.1 Å². The van der Waals surface area contributed by atoms with E-state index in [1.165, 1.54) is 55.3 Å². The van der Waals surface area contributed by atoms with Crippen LogP contribution in [-0.2, 0) is 10.8 Å². The lowest BCUT2D eigenvalue weighted by atomic mass is 9.82. The molecule has 0 unspecified atom stereocenters. The topological polar surface area (TPSA) is 29.5 Å². The minimum absolute atomic E-state index is 0.165. The molecule has 0 bridgehead atoms. The summed E-state index contributed by atoms with van der Waals surface area (Å²) in [6.45, 7) is 9.46. The van der Waals surface area contributed by atoms with Gasteiger partial charge in [0.05, 0.1) is 0 Å². The highest BCUT2D eigenvalue weighted by Gasteiger charge is 2.38. The van der Waals surface area contributed by atoms with Crippen molar-refractivity contribution in [2.24, 2.45) is 0 Å². The molecule has 11 aromatic rings. The number of nitrogens with zero attached hydrogens (tertiary/aromatic N) is 1. The molecule has 0 fully saturated rings. The van der Waals surface area contributed by atoms with E-state index in [2.05, 4.69) is 202 Å². The molecule has 2 aliphatic carbocycles. The highest BCUT2D eigenvalue weighted by atomic mass is 16.3. The Bertz CT molecular complexity index is 3560. The maximum Gasteiger partial charge on any atom is 0.143 e. The van der Waals surface area contributed by atoms with Gasteiger partial charge >= 0.3 is 0 Å². The second-order valence-corrected chi connectivity index (χ2v) is 18.0. The summed E-state index contributed by atoms with van der Waals surface area (Å²) >= 11 is 0. The summed E-state index contributed by atoms with van der Waals surface area (Å²) in [5.74, 6) is 0. The molecule has 0 saturated carbocycles. The Morgan fingerprint density at radius 3 is 1.56 bits per heavy atom. The Kier molecular flexibility index (Phi) is 6.85. The van der Waals surface area contributed by atoms with Gasteiger partial charge in [-0.05, 0) is 115 Å². The van der Waals surface area contributed by atoms with Gasteiger partial charge in [-0.25, -0.2) is 0 Å². The predicted octanol–water partition coefficient (Wildman–Crippen LogP) is 16.4. The van der Waals surface area contributed by atoms with E-state index < -0.39 is 0 Å². The van der Waals surface area contributed by atoms with Crippen LogP contribution in [0, 0.1) is 0 Å². The van der Waals surface area contributed by atoms with Crippen LogP contribution in [0.4, 0.5) is 17.1 Å². The molecule has 2 heterocycles. The van der Waals surface area contributed by atoms with Crippen LogP contribution in [0.15, 0.2) is 185 Å². The summed E-state index contributed by atoms with van der Waals surface area (Å²) in [7, 11) is 0. The largest absolute Gasteiger partial charge is 0.456 e. The number of fused-ring (bicyclic) bond motifs is 14. The first-order valence-corrected chi connectivity index (χ1v) is 21.3. The first-order chi connectivity index (χ1) is 29.8. The molecule has 61 heavy (non-hydrogen) atoms. The lowest BCUT2D eigenvalue weighted by Gasteiger charge is -2.30. The number of hydrogen-bond donors (Lipinski definition) is 0. The third kappa shape index (κ3) is 4.69. The highest BCUT2D eigenvalue weighted by Crippen LogP contribution is 2.54. The SMILES string of the molecule is CC1(C)c2ccccc2-c2ccc(N(c3ccc4c(c3)C(C)(C)c3ccccc3-4)c3cc(-c4cccc5ccccc45)c4oc5ccc6oc7ccccc7c6c5c4c3)cc21. The second-order valence-electron chi connectivity index (χ2n) is 18.0. The summed E-state index contributed by atoms with van der Waals surface area (Å²) in [5.41, 5.74) is 19.2. The lowest BCUT2D eigenvalue weighted by Crippen LogP contribution is -2.18. The van der Waals surface area contributed by atoms with E-state index in [0.29, 0.717) is 0 Å². The van der Waals surface area contributed by atoms with E-state index in [9.17, 15) is 0 Å². The van der Waals surface area contributed by atoms with Crippen molar-refractivity contribution in [1.82, 2.24) is 0 Å². The van der Waals surface area contributed by atoms with Crippen LogP contribution in [-0.4, -0.2) is 0 Å². The van der Waals surface area contributed by atoms with Gasteiger partial charge in [0, 0.05) is 55.0 Å². The Hall–Kier alpha value is -7.36. The average Bonchev–Trinajstić information content (AvgIpc) is 3.99. The molecule has 0 N–H and O–H groups in total. The van der Waals surface area contributed by atoms with Gasteiger partial charge in [-0.15, -0.1) is 0 Å². The maximum absolute atomic E-state index is 7.05. The fourth-order valence-electron chi connectivity index (χ4n) is 11.1. The van der Waals surface area contributed by atoms with Crippen molar-refractivity contribution in [1.29, 1.82) is 0 Å². The molecule has 0 amide bonds. The summed E-state index contributed by atoms with van der Waals surface area (Å²) in [5, 5.41) is 6.66. The van der Waals surface area contributed by atoms with Crippen molar-refractivity contribution >= 4 is 71.7 Å². The van der Waals surface area contributed by atoms with Crippen molar-refractivity contribution in [2.75, 3.05) is 4.90 Å². The minimum Gasteiger partial charge on any atom is -0.456 e. The molecular formula is C58H41NO2. The van der Waals surface area contributed by atoms with E-state index in [1.54, 1.807) is 0 Å². The van der Waals surface area contributed by atoms with Gasteiger partial charge in [-0.3, -0.25) is 0 Å².